The Bertz CT molecular complexity index is 839. The van der Waals surface area contributed by atoms with Crippen LogP contribution in [-0.4, -0.2) is 17.8 Å². The Morgan fingerprint density at radius 1 is 0.955 bits per heavy atom. The van der Waals surface area contributed by atoms with Crippen molar-refractivity contribution in [3.05, 3.63) is 63.7 Å². The molecular weight excluding hydrogens is 306 g/mol. The highest BCUT2D eigenvalue weighted by molar-refractivity contribution is 6.41. The molecule has 0 N–H and O–H groups in total. The van der Waals surface area contributed by atoms with Gasteiger partial charge < -0.3 is 4.74 Å². The maximum atomic E-state index is 12.6. The second kappa shape index (κ2) is 4.42. The molecule has 0 spiro atoms. The Hall–Kier alpha value is -2.66. The number of carbonyl (C=O) groups is 3. The highest BCUT2D eigenvalue weighted by Gasteiger charge is 2.41. The highest BCUT2D eigenvalue weighted by atomic mass is 35.5. The fourth-order valence-corrected chi connectivity index (χ4v) is 3.02. The summed E-state index contributed by atoms with van der Waals surface area (Å²) in [5.74, 6) is -1.56. The summed E-state index contributed by atoms with van der Waals surface area (Å²) < 4.78 is 4.98. The van der Waals surface area contributed by atoms with Gasteiger partial charge in [-0.1, -0.05) is 29.8 Å². The number of anilines is 1. The molecule has 0 saturated heterocycles. The van der Waals surface area contributed by atoms with Gasteiger partial charge in [0.2, 0.25) is 0 Å². The molecule has 2 amide bonds. The molecule has 0 aliphatic carbocycles. The van der Waals surface area contributed by atoms with E-state index in [1.165, 1.54) is 0 Å². The first-order chi connectivity index (χ1) is 10.6. The van der Waals surface area contributed by atoms with Gasteiger partial charge in [-0.15, -0.1) is 0 Å². The van der Waals surface area contributed by atoms with Crippen molar-refractivity contribution in [1.29, 1.82) is 0 Å². The van der Waals surface area contributed by atoms with Gasteiger partial charge in [0.15, 0.2) is 0 Å². The minimum absolute atomic E-state index is 0.105. The number of nitrogens with zero attached hydrogens (tertiary/aromatic N) is 1. The first-order valence-electron chi connectivity index (χ1n) is 6.56. The fraction of sp³-hybridized carbons (Fsp3) is 0.0625. The summed E-state index contributed by atoms with van der Waals surface area (Å²) in [6, 6.07) is 9.72. The third-order valence-electron chi connectivity index (χ3n) is 3.80. The number of rotatable bonds is 1. The monoisotopic (exact) mass is 313 g/mol. The zero-order valence-electron chi connectivity index (χ0n) is 11.1. The Kier molecular flexibility index (Phi) is 2.62. The number of fused-ring (bicyclic) bond motifs is 2. The standard InChI is InChI=1S/C16H8ClNO4/c17-11-6-5-8-7-22-16(21)12(8)13(11)18-14(19)9-3-1-2-4-10(9)15(18)20/h1-6H,7H2. The molecule has 108 valence electrons. The Balaban J connectivity index is 1.96. The average Bonchev–Trinajstić information content (AvgIpc) is 3.01. The number of ether oxygens (including phenoxy) is 1. The molecule has 0 unspecified atom stereocenters. The summed E-state index contributed by atoms with van der Waals surface area (Å²) in [6.45, 7) is 0.113. The van der Waals surface area contributed by atoms with E-state index in [1.807, 2.05) is 0 Å². The van der Waals surface area contributed by atoms with Gasteiger partial charge >= 0.3 is 5.97 Å². The third-order valence-corrected chi connectivity index (χ3v) is 4.10. The highest BCUT2D eigenvalue weighted by Crippen LogP contribution is 2.40. The Morgan fingerprint density at radius 2 is 1.59 bits per heavy atom. The lowest BCUT2D eigenvalue weighted by Crippen LogP contribution is -2.31. The number of imide groups is 1. The Morgan fingerprint density at radius 3 is 2.23 bits per heavy atom. The lowest BCUT2D eigenvalue weighted by molar-refractivity contribution is 0.0535. The number of cyclic esters (lactones) is 1. The summed E-state index contributed by atoms with van der Waals surface area (Å²) in [7, 11) is 0. The van der Waals surface area contributed by atoms with E-state index in [0.29, 0.717) is 16.7 Å². The van der Waals surface area contributed by atoms with Crippen molar-refractivity contribution in [1.82, 2.24) is 0 Å². The van der Waals surface area contributed by atoms with Gasteiger partial charge in [0.1, 0.15) is 6.61 Å². The molecule has 4 rings (SSSR count). The summed E-state index contributed by atoms with van der Waals surface area (Å²) in [6.07, 6.45) is 0. The van der Waals surface area contributed by atoms with Crippen molar-refractivity contribution in [3.63, 3.8) is 0 Å². The van der Waals surface area contributed by atoms with Crippen molar-refractivity contribution in [2.75, 3.05) is 4.90 Å². The van der Waals surface area contributed by atoms with Crippen molar-refractivity contribution < 1.29 is 19.1 Å². The van der Waals surface area contributed by atoms with E-state index < -0.39 is 17.8 Å². The minimum atomic E-state index is -0.580. The third kappa shape index (κ3) is 1.57. The van der Waals surface area contributed by atoms with E-state index in [9.17, 15) is 14.4 Å². The van der Waals surface area contributed by atoms with Gasteiger partial charge in [-0.25, -0.2) is 9.69 Å². The topological polar surface area (TPSA) is 63.7 Å². The van der Waals surface area contributed by atoms with Crippen LogP contribution >= 0.6 is 11.6 Å². The summed E-state index contributed by atoms with van der Waals surface area (Å²) in [4.78, 5) is 38.0. The van der Waals surface area contributed by atoms with Crippen LogP contribution in [0, 0.1) is 0 Å². The van der Waals surface area contributed by atoms with Crippen LogP contribution in [0.3, 0.4) is 0 Å². The van der Waals surface area contributed by atoms with E-state index in [-0.39, 0.29) is 22.9 Å². The van der Waals surface area contributed by atoms with Gasteiger partial charge in [-0.2, -0.15) is 0 Å². The van der Waals surface area contributed by atoms with Crippen molar-refractivity contribution in [2.45, 2.75) is 6.61 Å². The number of amides is 2. The van der Waals surface area contributed by atoms with Gasteiger partial charge in [0.05, 0.1) is 27.4 Å². The second-order valence-corrected chi connectivity index (χ2v) is 5.40. The van der Waals surface area contributed by atoms with E-state index in [4.69, 9.17) is 16.3 Å². The molecule has 5 nitrogen and oxygen atoms in total. The number of halogens is 1. The van der Waals surface area contributed by atoms with Crippen molar-refractivity contribution >= 4 is 35.1 Å². The summed E-state index contributed by atoms with van der Waals surface area (Å²) >= 11 is 6.17. The van der Waals surface area contributed by atoms with Gasteiger partial charge in [-0.3, -0.25) is 9.59 Å². The molecule has 2 aromatic rings. The normalized spacial score (nSPS) is 15.9. The largest absolute Gasteiger partial charge is 0.457 e. The molecule has 2 aromatic carbocycles. The lowest BCUT2D eigenvalue weighted by atomic mass is 10.1. The number of hydrogen-bond donors (Lipinski definition) is 0. The maximum absolute atomic E-state index is 12.6. The van der Waals surface area contributed by atoms with Crippen LogP contribution in [0.1, 0.15) is 36.6 Å². The zero-order chi connectivity index (χ0) is 15.4. The van der Waals surface area contributed by atoms with Crippen LogP contribution in [0.2, 0.25) is 5.02 Å². The van der Waals surface area contributed by atoms with E-state index in [0.717, 1.165) is 4.90 Å². The molecule has 0 atom stereocenters. The molecule has 22 heavy (non-hydrogen) atoms. The molecule has 0 fully saturated rings. The van der Waals surface area contributed by atoms with Crippen molar-refractivity contribution in [2.24, 2.45) is 0 Å². The minimum Gasteiger partial charge on any atom is -0.457 e. The zero-order valence-corrected chi connectivity index (χ0v) is 11.9. The molecular formula is C16H8ClNO4. The number of carbonyl (C=O) groups excluding carboxylic acids is 3. The quantitative estimate of drug-likeness (QED) is 0.600. The predicted octanol–water partition coefficient (Wildman–Crippen LogP) is 2.81. The van der Waals surface area contributed by atoms with E-state index >= 15 is 0 Å². The Labute approximate surface area is 130 Å². The average molecular weight is 314 g/mol. The van der Waals surface area contributed by atoms with Crippen molar-refractivity contribution in [3.8, 4) is 0 Å². The molecule has 0 aromatic heterocycles. The summed E-state index contributed by atoms with van der Waals surface area (Å²) in [5, 5.41) is 0.159. The first kappa shape index (κ1) is 13.0. The predicted molar refractivity (Wildman–Crippen MR) is 78.2 cm³/mol. The van der Waals surface area contributed by atoms with E-state index in [1.54, 1.807) is 36.4 Å². The maximum Gasteiger partial charge on any atom is 0.341 e. The molecule has 2 heterocycles. The van der Waals surface area contributed by atoms with Gasteiger partial charge in [0.25, 0.3) is 11.8 Å². The van der Waals surface area contributed by atoms with Gasteiger partial charge in [-0.05, 0) is 18.2 Å². The molecule has 0 radical (unpaired) electrons. The smallest absolute Gasteiger partial charge is 0.341 e. The van der Waals surface area contributed by atoms with Gasteiger partial charge in [0, 0.05) is 5.56 Å². The lowest BCUT2D eigenvalue weighted by Gasteiger charge is -2.17. The second-order valence-electron chi connectivity index (χ2n) is 5.00. The summed E-state index contributed by atoms with van der Waals surface area (Å²) in [5.41, 5.74) is 1.50. The molecule has 0 saturated carbocycles. The fourth-order valence-electron chi connectivity index (χ4n) is 2.78. The SMILES string of the molecule is O=C1OCc2ccc(Cl)c(N3C(=O)c4ccccc4C3=O)c21. The van der Waals surface area contributed by atoms with Crippen LogP contribution in [0.25, 0.3) is 0 Å². The van der Waals surface area contributed by atoms with Crippen LogP contribution in [0.5, 0.6) is 0 Å². The number of hydrogen-bond acceptors (Lipinski definition) is 4. The number of benzene rings is 2. The molecule has 2 aliphatic rings. The molecule has 0 bridgehead atoms. The van der Waals surface area contributed by atoms with Crippen LogP contribution in [0.4, 0.5) is 5.69 Å². The van der Waals surface area contributed by atoms with Crippen LogP contribution in [-0.2, 0) is 11.3 Å². The van der Waals surface area contributed by atoms with Crippen LogP contribution in [0.15, 0.2) is 36.4 Å². The molecule has 6 heteroatoms. The van der Waals surface area contributed by atoms with E-state index in [2.05, 4.69) is 0 Å². The molecule has 2 aliphatic heterocycles. The number of esters is 1. The van der Waals surface area contributed by atoms with Crippen LogP contribution < -0.4 is 4.90 Å². The first-order valence-corrected chi connectivity index (χ1v) is 6.93.